The van der Waals surface area contributed by atoms with E-state index in [0.29, 0.717) is 47.1 Å². The number of aromatic nitrogens is 2. The van der Waals surface area contributed by atoms with Gasteiger partial charge in [-0.3, -0.25) is 4.79 Å². The van der Waals surface area contributed by atoms with Gasteiger partial charge >= 0.3 is 0 Å². The van der Waals surface area contributed by atoms with Gasteiger partial charge in [0, 0.05) is 31.7 Å². The minimum absolute atomic E-state index is 0.0836. The van der Waals surface area contributed by atoms with Crippen LogP contribution in [0.15, 0.2) is 30.3 Å². The van der Waals surface area contributed by atoms with Crippen molar-refractivity contribution in [1.29, 1.82) is 0 Å². The molecule has 8 nitrogen and oxygen atoms in total. The molecule has 0 radical (unpaired) electrons. The van der Waals surface area contributed by atoms with Crippen LogP contribution in [-0.4, -0.2) is 61.0 Å². The Morgan fingerprint density at radius 1 is 1.29 bits per heavy atom. The molecule has 0 atom stereocenters. The maximum absolute atomic E-state index is 14.7. The van der Waals surface area contributed by atoms with E-state index < -0.39 is 23.9 Å². The second-order valence-corrected chi connectivity index (χ2v) is 8.10. The van der Waals surface area contributed by atoms with Gasteiger partial charge in [-0.05, 0) is 31.0 Å². The second kappa shape index (κ2) is 10.0. The van der Waals surface area contributed by atoms with Crippen molar-refractivity contribution in [3.63, 3.8) is 0 Å². The number of amides is 1. The van der Waals surface area contributed by atoms with Crippen molar-refractivity contribution in [3.05, 3.63) is 53.1 Å². The molecule has 0 saturated carbocycles. The van der Waals surface area contributed by atoms with Crippen LogP contribution in [0.3, 0.4) is 0 Å². The molecular weight excluding hydrogens is 465 g/mol. The van der Waals surface area contributed by atoms with E-state index in [1.165, 1.54) is 12.1 Å². The standard InChI is InChI=1S/C24H25F3N4O4/c1-14-29-18-11-20-19(31(8-9-34-2)21(33)12-35-20)10-16(18)23(30-14)28-7-6-15-4-3-5-17(22(15)25)24(26,27)13-32/h3-5,10-11,32H,6-9,12-13H2,1-2H3,(H,28,29,30). The zero-order chi connectivity index (χ0) is 25.2. The Morgan fingerprint density at radius 3 is 2.83 bits per heavy atom. The first-order chi connectivity index (χ1) is 16.7. The number of methoxy groups -OCH3 is 1. The van der Waals surface area contributed by atoms with Gasteiger partial charge in [-0.1, -0.05) is 12.1 Å². The number of nitrogens with one attached hydrogen (secondary N) is 1. The van der Waals surface area contributed by atoms with Crippen molar-refractivity contribution in [3.8, 4) is 5.75 Å². The molecule has 1 amide bonds. The first kappa shape index (κ1) is 24.7. The van der Waals surface area contributed by atoms with Crippen LogP contribution >= 0.6 is 0 Å². The average molecular weight is 490 g/mol. The van der Waals surface area contributed by atoms with E-state index in [1.807, 2.05) is 0 Å². The van der Waals surface area contributed by atoms with Crippen molar-refractivity contribution in [2.45, 2.75) is 19.3 Å². The van der Waals surface area contributed by atoms with Crippen LogP contribution in [0.4, 0.5) is 24.7 Å². The van der Waals surface area contributed by atoms with Gasteiger partial charge in [0.05, 0.1) is 23.4 Å². The molecule has 2 N–H and O–H groups in total. The average Bonchev–Trinajstić information content (AvgIpc) is 2.83. The third kappa shape index (κ3) is 5.01. The number of carbonyl (C=O) groups is 1. The Kier molecular flexibility index (Phi) is 7.08. The van der Waals surface area contributed by atoms with Crippen molar-refractivity contribution >= 4 is 28.3 Å². The first-order valence-corrected chi connectivity index (χ1v) is 11.0. The van der Waals surface area contributed by atoms with E-state index in [4.69, 9.17) is 14.6 Å². The number of anilines is 2. The number of nitrogens with zero attached hydrogens (tertiary/aromatic N) is 3. The van der Waals surface area contributed by atoms with Crippen LogP contribution < -0.4 is 15.0 Å². The fraction of sp³-hybridized carbons (Fsp3) is 0.375. The molecule has 3 aromatic rings. The summed E-state index contributed by atoms with van der Waals surface area (Å²) < 4.78 is 53.1. The third-order valence-corrected chi connectivity index (χ3v) is 5.71. The SMILES string of the molecule is COCCN1C(=O)COc2cc3nc(C)nc(NCCc4cccc(C(F)(F)CO)c4F)c3cc21. The molecule has 4 rings (SSSR count). The molecule has 35 heavy (non-hydrogen) atoms. The molecule has 1 aliphatic heterocycles. The van der Waals surface area contributed by atoms with Crippen molar-refractivity contribution in [2.24, 2.45) is 0 Å². The van der Waals surface area contributed by atoms with E-state index in [1.54, 1.807) is 31.1 Å². The summed E-state index contributed by atoms with van der Waals surface area (Å²) in [5.41, 5.74) is 0.399. The number of benzene rings is 2. The number of aliphatic hydroxyl groups is 1. The second-order valence-electron chi connectivity index (χ2n) is 8.10. The summed E-state index contributed by atoms with van der Waals surface area (Å²) in [6.07, 6.45) is 0.0955. The summed E-state index contributed by atoms with van der Waals surface area (Å²) in [4.78, 5) is 22.9. The van der Waals surface area contributed by atoms with Gasteiger partial charge < -0.3 is 24.8 Å². The molecule has 0 aliphatic carbocycles. The van der Waals surface area contributed by atoms with Crippen molar-refractivity contribution < 1.29 is 32.5 Å². The summed E-state index contributed by atoms with van der Waals surface area (Å²) in [6, 6.07) is 7.20. The van der Waals surface area contributed by atoms with Crippen LogP contribution in [0.2, 0.25) is 0 Å². The van der Waals surface area contributed by atoms with E-state index in [0.717, 1.165) is 6.07 Å². The van der Waals surface area contributed by atoms with Crippen LogP contribution in [0.25, 0.3) is 10.9 Å². The molecule has 2 heterocycles. The highest BCUT2D eigenvalue weighted by atomic mass is 19.3. The normalized spacial score (nSPS) is 13.7. The number of halogens is 3. The first-order valence-electron chi connectivity index (χ1n) is 11.0. The van der Waals surface area contributed by atoms with Gasteiger partial charge in [0.25, 0.3) is 11.8 Å². The van der Waals surface area contributed by atoms with E-state index in [9.17, 15) is 18.0 Å². The van der Waals surface area contributed by atoms with Gasteiger partial charge in [-0.2, -0.15) is 8.78 Å². The van der Waals surface area contributed by atoms with Crippen LogP contribution in [0, 0.1) is 12.7 Å². The molecular formula is C24H25F3N4O4. The van der Waals surface area contributed by atoms with E-state index in [-0.39, 0.29) is 31.0 Å². The molecule has 1 aromatic heterocycles. The highest BCUT2D eigenvalue weighted by Crippen LogP contribution is 2.37. The number of hydrogen-bond donors (Lipinski definition) is 2. The Balaban J connectivity index is 1.61. The minimum Gasteiger partial charge on any atom is -0.481 e. The zero-order valence-electron chi connectivity index (χ0n) is 19.3. The Bertz CT molecular complexity index is 1260. The zero-order valence-corrected chi connectivity index (χ0v) is 19.3. The number of alkyl halides is 2. The molecule has 186 valence electrons. The van der Waals surface area contributed by atoms with E-state index >= 15 is 0 Å². The predicted octanol–water partition coefficient (Wildman–Crippen LogP) is 3.19. The third-order valence-electron chi connectivity index (χ3n) is 5.71. The highest BCUT2D eigenvalue weighted by molar-refractivity contribution is 6.02. The number of carbonyl (C=O) groups excluding carboxylic acids is 1. The maximum atomic E-state index is 14.7. The van der Waals surface area contributed by atoms with Crippen molar-refractivity contribution in [2.75, 3.05) is 50.2 Å². The summed E-state index contributed by atoms with van der Waals surface area (Å²) in [5.74, 6) is -3.46. The lowest BCUT2D eigenvalue weighted by molar-refractivity contribution is -0.121. The number of rotatable bonds is 9. The van der Waals surface area contributed by atoms with Crippen LogP contribution in [0.1, 0.15) is 17.0 Å². The molecule has 0 fully saturated rings. The molecule has 0 spiro atoms. The Morgan fingerprint density at radius 2 is 2.09 bits per heavy atom. The number of aryl methyl sites for hydroxylation is 1. The smallest absolute Gasteiger partial charge is 0.298 e. The van der Waals surface area contributed by atoms with E-state index in [2.05, 4.69) is 15.3 Å². The molecule has 1 aliphatic rings. The Labute approximate surface area is 199 Å². The van der Waals surface area contributed by atoms with Gasteiger partial charge in [-0.25, -0.2) is 14.4 Å². The maximum Gasteiger partial charge on any atom is 0.298 e. The molecule has 11 heteroatoms. The topological polar surface area (TPSA) is 96.8 Å². The molecule has 0 unspecified atom stereocenters. The van der Waals surface area contributed by atoms with Crippen molar-refractivity contribution in [1.82, 2.24) is 9.97 Å². The summed E-state index contributed by atoms with van der Waals surface area (Å²) >= 11 is 0. The van der Waals surface area contributed by atoms with Gasteiger partial charge in [-0.15, -0.1) is 0 Å². The number of hydrogen-bond acceptors (Lipinski definition) is 7. The van der Waals surface area contributed by atoms with Crippen LogP contribution in [0.5, 0.6) is 5.75 Å². The molecule has 0 saturated heterocycles. The predicted molar refractivity (Wildman–Crippen MR) is 124 cm³/mol. The molecule has 2 aromatic carbocycles. The van der Waals surface area contributed by atoms with Gasteiger partial charge in [0.1, 0.15) is 29.8 Å². The lowest BCUT2D eigenvalue weighted by atomic mass is 10.0. The minimum atomic E-state index is -3.67. The summed E-state index contributed by atoms with van der Waals surface area (Å²) in [7, 11) is 1.55. The summed E-state index contributed by atoms with van der Waals surface area (Å²) in [6.45, 7) is 1.04. The number of aliphatic hydroxyl groups excluding tert-OH is 1. The fourth-order valence-corrected chi connectivity index (χ4v) is 3.96. The van der Waals surface area contributed by atoms with Gasteiger partial charge in [0.2, 0.25) is 0 Å². The summed E-state index contributed by atoms with van der Waals surface area (Å²) in [5, 5.41) is 12.6. The highest BCUT2D eigenvalue weighted by Gasteiger charge is 2.34. The lowest BCUT2D eigenvalue weighted by Crippen LogP contribution is -2.40. The van der Waals surface area contributed by atoms with Crippen LogP contribution in [-0.2, 0) is 21.9 Å². The largest absolute Gasteiger partial charge is 0.481 e. The van der Waals surface area contributed by atoms with Gasteiger partial charge in [0.15, 0.2) is 6.61 Å². The molecule has 0 bridgehead atoms. The fourth-order valence-electron chi connectivity index (χ4n) is 3.96. The lowest BCUT2D eigenvalue weighted by Gasteiger charge is -2.29. The quantitative estimate of drug-likeness (QED) is 0.476. The Hall–Kier alpha value is -3.44. The monoisotopic (exact) mass is 490 g/mol. The number of ether oxygens (including phenoxy) is 2. The number of fused-ring (bicyclic) bond motifs is 2.